The van der Waals surface area contributed by atoms with Gasteiger partial charge in [-0.3, -0.25) is 4.79 Å². The van der Waals surface area contributed by atoms with E-state index in [-0.39, 0.29) is 17.8 Å². The first-order chi connectivity index (χ1) is 10.7. The first-order valence-corrected chi connectivity index (χ1v) is 7.15. The van der Waals surface area contributed by atoms with Gasteiger partial charge in [0.15, 0.2) is 0 Å². The summed E-state index contributed by atoms with van der Waals surface area (Å²) in [5.74, 6) is -0.173. The average molecular weight is 298 g/mol. The summed E-state index contributed by atoms with van der Waals surface area (Å²) < 4.78 is 6.57. The van der Waals surface area contributed by atoms with Crippen LogP contribution >= 0.6 is 0 Å². The number of carbonyl (C=O) groups is 1. The Bertz CT molecular complexity index is 686. The molecule has 6 heteroatoms. The number of nitrogens with two attached hydrogens (primary N) is 1. The van der Waals surface area contributed by atoms with Crippen molar-refractivity contribution in [1.29, 1.82) is 5.26 Å². The highest BCUT2D eigenvalue weighted by Crippen LogP contribution is 2.21. The van der Waals surface area contributed by atoms with Crippen LogP contribution in [0.2, 0.25) is 0 Å². The third-order valence-electron chi connectivity index (χ3n) is 3.18. The molecule has 0 atom stereocenters. The zero-order valence-electron chi connectivity index (χ0n) is 12.5. The van der Waals surface area contributed by atoms with E-state index < -0.39 is 5.97 Å². The van der Waals surface area contributed by atoms with Crippen LogP contribution in [0.3, 0.4) is 0 Å². The normalized spacial score (nSPS) is 10.2. The summed E-state index contributed by atoms with van der Waals surface area (Å²) in [6, 6.07) is 11.2. The van der Waals surface area contributed by atoms with Crippen LogP contribution in [0.1, 0.15) is 31.0 Å². The Balaban J connectivity index is 2.22. The summed E-state index contributed by atoms with van der Waals surface area (Å²) in [4.78, 5) is 11.8. The van der Waals surface area contributed by atoms with Gasteiger partial charge in [-0.1, -0.05) is 31.5 Å². The van der Waals surface area contributed by atoms with Crippen molar-refractivity contribution in [3.63, 3.8) is 0 Å². The predicted octanol–water partition coefficient (Wildman–Crippen LogP) is 2.21. The van der Waals surface area contributed by atoms with Crippen molar-refractivity contribution in [3.8, 4) is 11.8 Å². The molecule has 0 aliphatic rings. The highest BCUT2D eigenvalue weighted by atomic mass is 16.5. The van der Waals surface area contributed by atoms with E-state index in [4.69, 9.17) is 10.5 Å². The molecule has 0 unspecified atom stereocenters. The van der Waals surface area contributed by atoms with E-state index in [0.717, 1.165) is 18.5 Å². The van der Waals surface area contributed by atoms with E-state index in [0.29, 0.717) is 12.3 Å². The maximum atomic E-state index is 11.8. The number of hydrogen-bond donors (Lipinski definition) is 1. The van der Waals surface area contributed by atoms with Crippen molar-refractivity contribution in [2.75, 3.05) is 12.3 Å². The number of carbonyl (C=O) groups excluding carboxylic acids is 1. The summed E-state index contributed by atoms with van der Waals surface area (Å²) in [6.45, 7) is 2.40. The third-order valence-corrected chi connectivity index (χ3v) is 3.18. The van der Waals surface area contributed by atoms with Crippen LogP contribution in [-0.4, -0.2) is 22.4 Å². The van der Waals surface area contributed by atoms with E-state index in [1.807, 2.05) is 43.3 Å². The molecular formula is C16H18N4O2. The summed E-state index contributed by atoms with van der Waals surface area (Å²) in [5.41, 5.74) is 7.27. The molecule has 0 aliphatic carbocycles. The van der Waals surface area contributed by atoms with E-state index in [2.05, 4.69) is 5.10 Å². The fraction of sp³-hybridized carbons (Fsp3) is 0.312. The third kappa shape index (κ3) is 3.44. The van der Waals surface area contributed by atoms with E-state index >= 15 is 0 Å². The van der Waals surface area contributed by atoms with Crippen molar-refractivity contribution in [1.82, 2.24) is 9.78 Å². The molecule has 1 aromatic carbocycles. The monoisotopic (exact) mass is 298 g/mol. The van der Waals surface area contributed by atoms with Crippen LogP contribution < -0.4 is 5.73 Å². The first kappa shape index (κ1) is 15.6. The van der Waals surface area contributed by atoms with Gasteiger partial charge in [0.1, 0.15) is 17.5 Å². The number of esters is 1. The zero-order valence-corrected chi connectivity index (χ0v) is 12.5. The minimum atomic E-state index is -0.400. The Morgan fingerprint density at radius 2 is 2.14 bits per heavy atom. The predicted molar refractivity (Wildman–Crippen MR) is 82.3 cm³/mol. The van der Waals surface area contributed by atoms with Crippen LogP contribution in [0.15, 0.2) is 30.3 Å². The average Bonchev–Trinajstić information content (AvgIpc) is 2.84. The molecule has 2 aromatic rings. The number of nitrogen functional groups attached to an aromatic ring is 1. The van der Waals surface area contributed by atoms with E-state index in [1.54, 1.807) is 0 Å². The molecule has 0 aliphatic heterocycles. The molecule has 1 aromatic heterocycles. The standard InChI is InChI=1S/C16H18N4O2/c1-2-3-9-22-15(21)10-14-13(11-17)16(18)20(19-14)12-7-5-4-6-8-12/h4-8H,2-3,9-10,18H2,1H3. The van der Waals surface area contributed by atoms with Crippen LogP contribution in [0, 0.1) is 11.3 Å². The second kappa shape index (κ2) is 7.27. The molecule has 0 saturated carbocycles. The quantitative estimate of drug-likeness (QED) is 0.651. The molecule has 22 heavy (non-hydrogen) atoms. The van der Waals surface area contributed by atoms with Gasteiger partial charge < -0.3 is 10.5 Å². The summed E-state index contributed by atoms with van der Waals surface area (Å²) in [7, 11) is 0. The van der Waals surface area contributed by atoms with Gasteiger partial charge in [-0.15, -0.1) is 0 Å². The van der Waals surface area contributed by atoms with Crippen molar-refractivity contribution in [3.05, 3.63) is 41.6 Å². The lowest BCUT2D eigenvalue weighted by Gasteiger charge is -2.03. The number of nitrogens with zero attached hydrogens (tertiary/aromatic N) is 3. The Labute approximate surface area is 129 Å². The highest BCUT2D eigenvalue weighted by Gasteiger charge is 2.19. The summed E-state index contributed by atoms with van der Waals surface area (Å²) in [6.07, 6.45) is 1.71. The Kier molecular flexibility index (Phi) is 5.15. The smallest absolute Gasteiger partial charge is 0.311 e. The molecule has 6 nitrogen and oxygen atoms in total. The lowest BCUT2D eigenvalue weighted by atomic mass is 10.2. The topological polar surface area (TPSA) is 93.9 Å². The first-order valence-electron chi connectivity index (χ1n) is 7.15. The van der Waals surface area contributed by atoms with Crippen LogP contribution in [-0.2, 0) is 16.0 Å². The van der Waals surface area contributed by atoms with Crippen molar-refractivity contribution in [2.24, 2.45) is 0 Å². The van der Waals surface area contributed by atoms with Gasteiger partial charge in [0.05, 0.1) is 24.4 Å². The fourth-order valence-electron chi connectivity index (χ4n) is 2.01. The highest BCUT2D eigenvalue weighted by molar-refractivity contribution is 5.74. The van der Waals surface area contributed by atoms with Crippen molar-refractivity contribution in [2.45, 2.75) is 26.2 Å². The molecule has 2 N–H and O–H groups in total. The molecule has 0 fully saturated rings. The Morgan fingerprint density at radius 1 is 1.41 bits per heavy atom. The largest absolute Gasteiger partial charge is 0.465 e. The number of hydrogen-bond acceptors (Lipinski definition) is 5. The number of unbranched alkanes of at least 4 members (excludes halogenated alkanes) is 1. The number of nitriles is 1. The molecule has 1 heterocycles. The molecular weight excluding hydrogens is 280 g/mol. The van der Waals surface area contributed by atoms with Gasteiger partial charge in [0, 0.05) is 0 Å². The van der Waals surface area contributed by atoms with Crippen LogP contribution in [0.5, 0.6) is 0 Å². The van der Waals surface area contributed by atoms with Crippen molar-refractivity contribution < 1.29 is 9.53 Å². The van der Waals surface area contributed by atoms with Gasteiger partial charge in [0.25, 0.3) is 0 Å². The van der Waals surface area contributed by atoms with Gasteiger partial charge >= 0.3 is 5.97 Å². The molecule has 0 radical (unpaired) electrons. The SMILES string of the molecule is CCCCOC(=O)Cc1nn(-c2ccccc2)c(N)c1C#N. The number of anilines is 1. The van der Waals surface area contributed by atoms with Gasteiger partial charge in [-0.25, -0.2) is 4.68 Å². The van der Waals surface area contributed by atoms with Crippen LogP contribution in [0.25, 0.3) is 5.69 Å². The lowest BCUT2D eigenvalue weighted by molar-refractivity contribution is -0.143. The Morgan fingerprint density at radius 3 is 2.77 bits per heavy atom. The molecule has 114 valence electrons. The minimum absolute atomic E-state index is 0.0589. The summed E-state index contributed by atoms with van der Waals surface area (Å²) in [5, 5.41) is 13.5. The number of rotatable bonds is 6. The van der Waals surface area contributed by atoms with E-state index in [1.165, 1.54) is 4.68 Å². The second-order valence-corrected chi connectivity index (χ2v) is 4.82. The van der Waals surface area contributed by atoms with Gasteiger partial charge in [-0.05, 0) is 18.6 Å². The molecule has 2 rings (SSSR count). The number of benzene rings is 1. The number of aromatic nitrogens is 2. The zero-order chi connectivity index (χ0) is 15.9. The van der Waals surface area contributed by atoms with E-state index in [9.17, 15) is 10.1 Å². The van der Waals surface area contributed by atoms with Crippen LogP contribution in [0.4, 0.5) is 5.82 Å². The maximum absolute atomic E-state index is 11.8. The van der Waals surface area contributed by atoms with Gasteiger partial charge in [0.2, 0.25) is 0 Å². The molecule has 0 spiro atoms. The number of ether oxygens (including phenoxy) is 1. The lowest BCUT2D eigenvalue weighted by Crippen LogP contribution is -2.10. The fourth-order valence-corrected chi connectivity index (χ4v) is 2.01. The summed E-state index contributed by atoms with van der Waals surface area (Å²) >= 11 is 0. The molecule has 0 amide bonds. The van der Waals surface area contributed by atoms with Gasteiger partial charge in [-0.2, -0.15) is 10.4 Å². The Hall–Kier alpha value is -2.81. The number of para-hydroxylation sites is 1. The second-order valence-electron chi connectivity index (χ2n) is 4.82. The maximum Gasteiger partial charge on any atom is 0.311 e. The minimum Gasteiger partial charge on any atom is -0.465 e. The van der Waals surface area contributed by atoms with Crippen molar-refractivity contribution >= 4 is 11.8 Å². The molecule has 0 bridgehead atoms. The molecule has 0 saturated heterocycles.